The molecule has 19 heavy (non-hydrogen) atoms. The molecule has 0 aromatic heterocycles. The fraction of sp³-hybridized carbons (Fsp3) is 0.273. The number of carbonyl (C=O) groups is 1. The molecule has 8 heteroatoms. The lowest BCUT2D eigenvalue weighted by atomic mass is 10.1. The Morgan fingerprint density at radius 1 is 1.37 bits per heavy atom. The lowest BCUT2D eigenvalue weighted by molar-refractivity contribution is -0.384. The van der Waals surface area contributed by atoms with E-state index in [1.54, 1.807) is 19.9 Å². The van der Waals surface area contributed by atoms with Crippen molar-refractivity contribution in [3.63, 3.8) is 0 Å². The number of nitrogens with two attached hydrogens (primary N) is 2. The van der Waals surface area contributed by atoms with Crippen LogP contribution in [0.15, 0.2) is 17.1 Å². The van der Waals surface area contributed by atoms with Gasteiger partial charge in [0.15, 0.2) is 5.96 Å². The van der Waals surface area contributed by atoms with Crippen LogP contribution in [0.5, 0.6) is 0 Å². The number of nitro groups is 1. The number of hydrogen-bond acceptors (Lipinski definition) is 3. The first kappa shape index (κ1) is 14.4. The molecule has 0 saturated heterocycles. The van der Waals surface area contributed by atoms with Gasteiger partial charge in [0.25, 0.3) is 5.69 Å². The van der Waals surface area contributed by atoms with Gasteiger partial charge < -0.3 is 11.5 Å². The molecule has 1 aromatic rings. The van der Waals surface area contributed by atoms with E-state index in [-0.39, 0.29) is 11.4 Å². The van der Waals surface area contributed by atoms with E-state index in [4.69, 9.17) is 11.5 Å². The second-order valence-electron chi connectivity index (χ2n) is 4.08. The minimum atomic E-state index is -0.768. The number of amides is 2. The Balaban J connectivity index is 3.37. The van der Waals surface area contributed by atoms with Crippen molar-refractivity contribution in [1.82, 2.24) is 0 Å². The number of rotatable bonds is 2. The van der Waals surface area contributed by atoms with Crippen molar-refractivity contribution >= 4 is 23.4 Å². The SMILES string of the molecule is Cc1cc(C)c(N(C)C(=O)N=C(N)N)c([N+](=O)[O-])c1. The standard InChI is InChI=1S/C11H15N5O3/c1-6-4-7(2)9(8(5-6)16(18)19)15(3)11(17)14-10(12)13/h4-5H,1-3H3,(H4,12,13,14,17). The van der Waals surface area contributed by atoms with Gasteiger partial charge in [0.05, 0.1) is 4.92 Å². The topological polar surface area (TPSA) is 128 Å². The van der Waals surface area contributed by atoms with E-state index in [9.17, 15) is 14.9 Å². The first-order valence-corrected chi connectivity index (χ1v) is 5.37. The molecule has 0 radical (unpaired) electrons. The monoisotopic (exact) mass is 265 g/mol. The molecule has 0 bridgehead atoms. The average Bonchev–Trinajstić information content (AvgIpc) is 2.25. The van der Waals surface area contributed by atoms with Gasteiger partial charge in [-0.1, -0.05) is 6.07 Å². The van der Waals surface area contributed by atoms with E-state index in [1.165, 1.54) is 13.1 Å². The maximum absolute atomic E-state index is 11.7. The Bertz CT molecular complexity index is 564. The first-order valence-electron chi connectivity index (χ1n) is 5.37. The number of aliphatic imine (C=N–C) groups is 1. The quantitative estimate of drug-likeness (QED) is 0.357. The van der Waals surface area contributed by atoms with Gasteiger partial charge in [-0.15, -0.1) is 0 Å². The van der Waals surface area contributed by atoms with Crippen LogP contribution in [-0.2, 0) is 0 Å². The number of hydrogen-bond donors (Lipinski definition) is 2. The number of nitrogens with zero attached hydrogens (tertiary/aromatic N) is 3. The van der Waals surface area contributed by atoms with Gasteiger partial charge in [-0.3, -0.25) is 15.0 Å². The van der Waals surface area contributed by atoms with Crippen molar-refractivity contribution in [3.05, 3.63) is 33.4 Å². The largest absolute Gasteiger partial charge is 0.370 e. The van der Waals surface area contributed by atoms with E-state index >= 15 is 0 Å². The summed E-state index contributed by atoms with van der Waals surface area (Å²) in [6.07, 6.45) is 0. The molecule has 102 valence electrons. The van der Waals surface area contributed by atoms with Crippen molar-refractivity contribution in [2.24, 2.45) is 16.5 Å². The predicted molar refractivity (Wildman–Crippen MR) is 72.2 cm³/mol. The van der Waals surface area contributed by atoms with Crippen LogP contribution in [0.2, 0.25) is 0 Å². The Hall–Kier alpha value is -2.64. The smallest absolute Gasteiger partial charge is 0.351 e. The molecule has 0 saturated carbocycles. The van der Waals surface area contributed by atoms with Crippen LogP contribution >= 0.6 is 0 Å². The van der Waals surface area contributed by atoms with Crippen molar-refractivity contribution in [2.75, 3.05) is 11.9 Å². The lowest BCUT2D eigenvalue weighted by Crippen LogP contribution is -2.30. The number of benzene rings is 1. The molecule has 0 atom stereocenters. The van der Waals surface area contributed by atoms with E-state index in [1.807, 2.05) is 0 Å². The summed E-state index contributed by atoms with van der Waals surface area (Å²) in [5.74, 6) is -0.399. The third-order valence-corrected chi connectivity index (χ3v) is 2.47. The number of anilines is 1. The lowest BCUT2D eigenvalue weighted by Gasteiger charge is -2.17. The van der Waals surface area contributed by atoms with Gasteiger partial charge in [0.2, 0.25) is 0 Å². The zero-order valence-electron chi connectivity index (χ0n) is 10.9. The van der Waals surface area contributed by atoms with Crippen molar-refractivity contribution in [3.8, 4) is 0 Å². The molecule has 0 unspecified atom stereocenters. The van der Waals surface area contributed by atoms with E-state index in [0.717, 1.165) is 10.5 Å². The van der Waals surface area contributed by atoms with Gasteiger partial charge in [-0.05, 0) is 25.0 Å². The van der Waals surface area contributed by atoms with Crippen LogP contribution in [0.3, 0.4) is 0 Å². The van der Waals surface area contributed by atoms with Crippen LogP contribution in [0.4, 0.5) is 16.2 Å². The van der Waals surface area contributed by atoms with Gasteiger partial charge in [-0.2, -0.15) is 4.99 Å². The molecule has 1 rings (SSSR count). The van der Waals surface area contributed by atoms with Crippen molar-refractivity contribution < 1.29 is 9.72 Å². The minimum absolute atomic E-state index is 0.167. The molecule has 0 fully saturated rings. The highest BCUT2D eigenvalue weighted by Gasteiger charge is 2.24. The first-order chi connectivity index (χ1) is 8.73. The van der Waals surface area contributed by atoms with Crippen LogP contribution in [-0.4, -0.2) is 24.0 Å². The molecular formula is C11H15N5O3. The molecule has 8 nitrogen and oxygen atoms in total. The number of carbonyl (C=O) groups excluding carboxylic acids is 1. The summed E-state index contributed by atoms with van der Waals surface area (Å²) in [6, 6.07) is 2.36. The Morgan fingerprint density at radius 2 is 1.95 bits per heavy atom. The predicted octanol–water partition coefficient (Wildman–Crippen LogP) is 1.04. The summed E-state index contributed by atoms with van der Waals surface area (Å²) in [5, 5.41) is 11.1. The van der Waals surface area contributed by atoms with Gasteiger partial charge >= 0.3 is 6.03 Å². The van der Waals surface area contributed by atoms with E-state index in [2.05, 4.69) is 4.99 Å². The fourth-order valence-electron chi connectivity index (χ4n) is 1.79. The number of nitro benzene ring substituents is 1. The van der Waals surface area contributed by atoms with Gasteiger partial charge in [-0.25, -0.2) is 4.79 Å². The molecule has 0 aliphatic rings. The summed E-state index contributed by atoms with van der Waals surface area (Å²) < 4.78 is 0. The zero-order valence-corrected chi connectivity index (χ0v) is 10.9. The Labute approximate surface area is 109 Å². The summed E-state index contributed by atoms with van der Waals surface area (Å²) in [5.41, 5.74) is 11.6. The Morgan fingerprint density at radius 3 is 2.42 bits per heavy atom. The van der Waals surface area contributed by atoms with Gasteiger partial charge in [0, 0.05) is 13.1 Å². The molecule has 0 heterocycles. The average molecular weight is 265 g/mol. The van der Waals surface area contributed by atoms with Crippen LogP contribution < -0.4 is 16.4 Å². The third-order valence-electron chi connectivity index (χ3n) is 2.47. The van der Waals surface area contributed by atoms with Crippen LogP contribution in [0.25, 0.3) is 0 Å². The Kier molecular flexibility index (Phi) is 4.05. The molecule has 2 amide bonds. The van der Waals surface area contributed by atoms with E-state index < -0.39 is 16.9 Å². The molecule has 0 aliphatic heterocycles. The maximum Gasteiger partial charge on any atom is 0.351 e. The summed E-state index contributed by atoms with van der Waals surface area (Å²) >= 11 is 0. The second-order valence-corrected chi connectivity index (χ2v) is 4.08. The molecule has 0 aliphatic carbocycles. The van der Waals surface area contributed by atoms with Gasteiger partial charge in [0.1, 0.15) is 5.69 Å². The highest BCUT2D eigenvalue weighted by molar-refractivity contribution is 6.01. The molecular weight excluding hydrogens is 250 g/mol. The molecule has 1 aromatic carbocycles. The highest BCUT2D eigenvalue weighted by atomic mass is 16.6. The van der Waals surface area contributed by atoms with E-state index in [0.29, 0.717) is 5.56 Å². The summed E-state index contributed by atoms with van der Waals surface area (Å²) in [4.78, 5) is 26.6. The second kappa shape index (κ2) is 5.34. The number of urea groups is 1. The third kappa shape index (κ3) is 3.18. The van der Waals surface area contributed by atoms with Crippen molar-refractivity contribution in [1.29, 1.82) is 0 Å². The van der Waals surface area contributed by atoms with Crippen molar-refractivity contribution in [2.45, 2.75) is 13.8 Å². The zero-order chi connectivity index (χ0) is 14.7. The van der Waals surface area contributed by atoms with Crippen LogP contribution in [0.1, 0.15) is 11.1 Å². The minimum Gasteiger partial charge on any atom is -0.370 e. The molecule has 4 N–H and O–H groups in total. The summed E-state index contributed by atoms with van der Waals surface area (Å²) in [6.45, 7) is 3.41. The number of aryl methyl sites for hydroxylation is 2. The van der Waals surface area contributed by atoms with Crippen LogP contribution in [0, 0.1) is 24.0 Å². The highest BCUT2D eigenvalue weighted by Crippen LogP contribution is 2.32. The fourth-order valence-corrected chi connectivity index (χ4v) is 1.79. The maximum atomic E-state index is 11.7. The number of guanidine groups is 1. The molecule has 0 spiro atoms. The summed E-state index contributed by atoms with van der Waals surface area (Å²) in [7, 11) is 1.37. The normalized spacial score (nSPS) is 9.84.